The summed E-state index contributed by atoms with van der Waals surface area (Å²) in [5.74, 6) is 0.474. The predicted molar refractivity (Wildman–Crippen MR) is 149 cm³/mol. The van der Waals surface area contributed by atoms with Gasteiger partial charge in [-0.1, -0.05) is 26.0 Å². The van der Waals surface area contributed by atoms with Crippen LogP contribution in [0.5, 0.6) is 17.2 Å². The van der Waals surface area contributed by atoms with Crippen LogP contribution in [0.25, 0.3) is 0 Å². The molecule has 4 fully saturated rings. The number of carboxylic acid groups (broad SMARTS) is 1. The number of rotatable bonds is 10. The Bertz CT molecular complexity index is 1300. The Hall–Kier alpha value is -3.24. The van der Waals surface area contributed by atoms with E-state index >= 15 is 0 Å². The number of carboxylic acids is 1. The molecule has 3 saturated carbocycles. The lowest BCUT2D eigenvalue weighted by molar-refractivity contribution is -0.199. The van der Waals surface area contributed by atoms with Gasteiger partial charge in [0.15, 0.2) is 0 Å². The molecule has 10 heteroatoms. The molecule has 9 nitrogen and oxygen atoms in total. The van der Waals surface area contributed by atoms with Gasteiger partial charge in [0, 0.05) is 5.56 Å². The van der Waals surface area contributed by atoms with Crippen LogP contribution in [-0.4, -0.2) is 63.1 Å². The number of para-hydroxylation sites is 1. The molecule has 1 heterocycles. The highest BCUT2D eigenvalue weighted by Gasteiger charge is 2.68. The molecule has 3 aliphatic carbocycles. The van der Waals surface area contributed by atoms with Crippen LogP contribution in [0.4, 0.5) is 0 Å². The van der Waals surface area contributed by atoms with Crippen molar-refractivity contribution in [3.63, 3.8) is 0 Å². The van der Waals surface area contributed by atoms with Crippen molar-refractivity contribution in [3.8, 4) is 17.2 Å². The van der Waals surface area contributed by atoms with Crippen LogP contribution < -0.4 is 19.5 Å². The summed E-state index contributed by atoms with van der Waals surface area (Å²) < 4.78 is 29.6. The van der Waals surface area contributed by atoms with Gasteiger partial charge in [-0.25, -0.2) is 4.79 Å². The number of carbonyl (C=O) groups excluding carboxylic acids is 1. The van der Waals surface area contributed by atoms with Gasteiger partial charge in [-0.2, -0.15) is 0 Å². The average Bonchev–Trinajstić information content (AvgIpc) is 3.29. The lowest BCUT2D eigenvalue weighted by atomic mass is 9.43. The highest BCUT2D eigenvalue weighted by atomic mass is 16.7. The highest BCUT2D eigenvalue weighted by Crippen LogP contribution is 2.65. The Kier molecular flexibility index (Phi) is 7.52. The van der Waals surface area contributed by atoms with Crippen LogP contribution in [0.15, 0.2) is 36.4 Å². The summed E-state index contributed by atoms with van der Waals surface area (Å²) in [5, 5.41) is 12.8. The van der Waals surface area contributed by atoms with Crippen molar-refractivity contribution < 1.29 is 38.2 Å². The quantitative estimate of drug-likeness (QED) is 0.427. The normalized spacial score (nSPS) is 26.8. The first kappa shape index (κ1) is 28.3. The fourth-order valence-electron chi connectivity index (χ4n) is 7.13. The van der Waals surface area contributed by atoms with Gasteiger partial charge in [-0.3, -0.25) is 4.79 Å². The minimum atomic E-state index is -1.08. The summed E-state index contributed by atoms with van der Waals surface area (Å²) in [6, 6.07) is 10.3. The zero-order valence-corrected chi connectivity index (χ0v) is 24.0. The molecule has 4 aliphatic rings. The van der Waals surface area contributed by atoms with Crippen LogP contribution in [-0.2, 0) is 26.9 Å². The van der Waals surface area contributed by atoms with E-state index < -0.39 is 24.6 Å². The third-order valence-electron chi connectivity index (χ3n) is 9.45. The van der Waals surface area contributed by atoms with E-state index in [1.54, 1.807) is 44.6 Å². The fourth-order valence-corrected chi connectivity index (χ4v) is 7.13. The molecule has 0 radical (unpaired) electrons. The maximum Gasteiger partial charge on any atom is 0.482 e. The smallest absolute Gasteiger partial charge is 0.482 e. The second-order valence-corrected chi connectivity index (χ2v) is 11.9. The maximum absolute atomic E-state index is 13.5. The summed E-state index contributed by atoms with van der Waals surface area (Å²) >= 11 is 0. The van der Waals surface area contributed by atoms with Gasteiger partial charge < -0.3 is 33.9 Å². The number of benzene rings is 2. The Balaban J connectivity index is 1.43. The van der Waals surface area contributed by atoms with E-state index in [1.807, 2.05) is 0 Å². The zero-order chi connectivity index (χ0) is 28.8. The molecular weight excluding hydrogens is 513 g/mol. The highest BCUT2D eigenvalue weighted by molar-refractivity contribution is 6.48. The van der Waals surface area contributed by atoms with Crippen molar-refractivity contribution in [1.29, 1.82) is 0 Å². The Morgan fingerprint density at radius 1 is 1.07 bits per heavy atom. The Morgan fingerprint density at radius 2 is 1.85 bits per heavy atom. The predicted octanol–water partition coefficient (Wildman–Crippen LogP) is 3.95. The van der Waals surface area contributed by atoms with Gasteiger partial charge in [0.1, 0.15) is 22.8 Å². The molecule has 1 aliphatic heterocycles. The van der Waals surface area contributed by atoms with E-state index in [-0.39, 0.29) is 41.6 Å². The molecule has 2 aromatic rings. The minimum Gasteiger partial charge on any atom is -0.497 e. The molecule has 2 bridgehead atoms. The van der Waals surface area contributed by atoms with E-state index in [9.17, 15) is 14.7 Å². The third-order valence-corrected chi connectivity index (χ3v) is 9.45. The van der Waals surface area contributed by atoms with Crippen LogP contribution >= 0.6 is 0 Å². The summed E-state index contributed by atoms with van der Waals surface area (Å²) in [5.41, 5.74) is 1.09. The van der Waals surface area contributed by atoms with E-state index in [2.05, 4.69) is 26.1 Å². The number of nitrogens with one attached hydrogen (secondary N) is 1. The average molecular weight is 551 g/mol. The molecule has 1 saturated heterocycles. The fraction of sp³-hybridized carbons (Fsp3) is 0.533. The second kappa shape index (κ2) is 10.6. The van der Waals surface area contributed by atoms with Crippen LogP contribution in [0, 0.1) is 17.3 Å². The van der Waals surface area contributed by atoms with E-state index in [0.717, 1.165) is 12.8 Å². The maximum atomic E-state index is 13.5. The van der Waals surface area contributed by atoms with Gasteiger partial charge in [0.25, 0.3) is 0 Å². The van der Waals surface area contributed by atoms with Crippen LogP contribution in [0.2, 0.25) is 0 Å². The summed E-state index contributed by atoms with van der Waals surface area (Å²) in [7, 11) is 3.87. The van der Waals surface area contributed by atoms with Crippen molar-refractivity contribution in [3.05, 3.63) is 53.1 Å². The minimum absolute atomic E-state index is 0.0499. The van der Waals surface area contributed by atoms with Crippen molar-refractivity contribution in [2.24, 2.45) is 17.3 Å². The molecule has 2 N–H and O–H groups in total. The van der Waals surface area contributed by atoms with Crippen molar-refractivity contribution in [2.75, 3.05) is 21.3 Å². The monoisotopic (exact) mass is 551 g/mol. The number of aromatic carboxylic acids is 1. The molecule has 1 amide bonds. The summed E-state index contributed by atoms with van der Waals surface area (Å²) in [6.45, 7) is 6.73. The first-order valence-corrected chi connectivity index (χ1v) is 13.7. The van der Waals surface area contributed by atoms with Crippen LogP contribution in [0.3, 0.4) is 0 Å². The molecule has 40 heavy (non-hydrogen) atoms. The first-order chi connectivity index (χ1) is 19.0. The number of hydrogen-bond acceptors (Lipinski definition) is 7. The van der Waals surface area contributed by atoms with E-state index in [4.69, 9.17) is 23.5 Å². The van der Waals surface area contributed by atoms with Gasteiger partial charge in [0.2, 0.25) is 5.91 Å². The van der Waals surface area contributed by atoms with Gasteiger partial charge in [0.05, 0.1) is 45.4 Å². The molecule has 214 valence electrons. The van der Waals surface area contributed by atoms with E-state index in [1.165, 1.54) is 13.2 Å². The van der Waals surface area contributed by atoms with Gasteiger partial charge >= 0.3 is 13.1 Å². The molecule has 5 atom stereocenters. The van der Waals surface area contributed by atoms with Gasteiger partial charge in [-0.15, -0.1) is 0 Å². The molecule has 5 unspecified atom stereocenters. The molecule has 0 spiro atoms. The van der Waals surface area contributed by atoms with Crippen molar-refractivity contribution >= 4 is 19.0 Å². The van der Waals surface area contributed by atoms with Crippen molar-refractivity contribution in [1.82, 2.24) is 5.32 Å². The number of amides is 1. The lowest BCUT2D eigenvalue weighted by Gasteiger charge is -2.64. The number of carbonyl (C=O) groups is 2. The number of hydrogen-bond donors (Lipinski definition) is 2. The number of ether oxygens (including phenoxy) is 3. The van der Waals surface area contributed by atoms with Crippen LogP contribution in [0.1, 0.15) is 55.1 Å². The lowest BCUT2D eigenvalue weighted by Crippen LogP contribution is -2.65. The third kappa shape index (κ3) is 4.81. The molecule has 6 rings (SSSR count). The van der Waals surface area contributed by atoms with Crippen molar-refractivity contribution in [2.45, 2.75) is 64.1 Å². The van der Waals surface area contributed by atoms with Gasteiger partial charge in [-0.05, 0) is 73.3 Å². The molecule has 0 aromatic heterocycles. The standard InChI is InChI=1S/C30H38BNO8/c1-29(2)19-15-23(29)30(3)24(16-19)39-31(40-30)25(13-17-8-7-9-21(28(34)35)27(17)38-6)32-26(33)14-18-12-20(36-4)10-11-22(18)37-5/h7-12,19,23-25H,13-16H2,1-6H3,(H,32,33)(H,34,35). The number of methoxy groups -OCH3 is 3. The summed E-state index contributed by atoms with van der Waals surface area (Å²) in [6.07, 6.45) is 2.26. The Morgan fingerprint density at radius 3 is 2.50 bits per heavy atom. The molecule has 2 aromatic carbocycles. The SMILES string of the molecule is COc1ccc(OC)c(CC(=O)NC(Cc2cccc(C(=O)O)c2OC)B2OC3CC4CC(C4(C)C)C3(C)O2)c1. The Labute approximate surface area is 235 Å². The molecular formula is C30H38BNO8. The first-order valence-electron chi connectivity index (χ1n) is 13.7. The second-order valence-electron chi connectivity index (χ2n) is 11.9. The van der Waals surface area contributed by atoms with E-state index in [0.29, 0.717) is 34.5 Å². The zero-order valence-electron chi connectivity index (χ0n) is 24.0. The largest absolute Gasteiger partial charge is 0.497 e. The summed E-state index contributed by atoms with van der Waals surface area (Å²) in [4.78, 5) is 25.4. The topological polar surface area (TPSA) is 113 Å².